The molecule has 0 fully saturated rings. The molecule has 1 heteroatoms. The molecule has 0 N–H and O–H groups in total. The van der Waals surface area contributed by atoms with Crippen LogP contribution >= 0.6 is 11.3 Å². The van der Waals surface area contributed by atoms with Crippen molar-refractivity contribution in [2.45, 2.75) is 19.3 Å². The molecule has 1 heterocycles. The zero-order chi connectivity index (χ0) is 39.7. The molecule has 0 atom stereocenters. The number of rotatable bonds is 3. The number of benzene rings is 11. The fourth-order valence-corrected chi connectivity index (χ4v) is 12.2. The molecule has 0 saturated heterocycles. The average Bonchev–Trinajstić information content (AvgIpc) is 3.80. The molecule has 0 nitrogen and oxygen atoms in total. The van der Waals surface area contributed by atoms with Crippen LogP contribution in [0, 0.1) is 0 Å². The van der Waals surface area contributed by atoms with Crippen molar-refractivity contribution in [3.05, 3.63) is 205 Å². The van der Waals surface area contributed by atoms with E-state index in [0.29, 0.717) is 0 Å². The Balaban J connectivity index is 0.950. The molecule has 1 aromatic heterocycles. The first-order valence-electron chi connectivity index (χ1n) is 21.0. The summed E-state index contributed by atoms with van der Waals surface area (Å²) in [5.74, 6) is 0. The topological polar surface area (TPSA) is 0 Å². The number of thiophene rings is 1. The molecule has 280 valence electrons. The molecule has 0 saturated carbocycles. The Labute approximate surface area is 352 Å². The van der Waals surface area contributed by atoms with Crippen LogP contribution in [0.4, 0.5) is 0 Å². The van der Waals surface area contributed by atoms with Gasteiger partial charge in [0.1, 0.15) is 0 Å². The fraction of sp³-hybridized carbons (Fsp3) is 0.0508. The summed E-state index contributed by atoms with van der Waals surface area (Å²) in [4.78, 5) is 0. The highest BCUT2D eigenvalue weighted by Gasteiger charge is 2.39. The Bertz CT molecular complexity index is 3740. The van der Waals surface area contributed by atoms with Crippen LogP contribution < -0.4 is 0 Å². The number of hydrogen-bond acceptors (Lipinski definition) is 1. The largest absolute Gasteiger partial charge is 0.134 e. The minimum atomic E-state index is -0.148. The second-order valence-corrected chi connectivity index (χ2v) is 18.2. The minimum absolute atomic E-state index is 0.148. The SMILES string of the molecule is CC1(C)c2cc(-c3ccc4cc(-c5c6ccccc6c(-c6cccc7ccccc67)c6ccccc56)ccc4c3)ccc2-c2c1c1ccccc1c1c2sc2ccccc21. The zero-order valence-electron chi connectivity index (χ0n) is 33.4. The zero-order valence-corrected chi connectivity index (χ0v) is 34.2. The Morgan fingerprint density at radius 2 is 0.883 bits per heavy atom. The molecule has 0 spiro atoms. The normalized spacial score (nSPS) is 13.3. The first-order chi connectivity index (χ1) is 29.5. The van der Waals surface area contributed by atoms with Crippen LogP contribution in [0.25, 0.3) is 119 Å². The molecule has 0 aliphatic heterocycles. The Morgan fingerprint density at radius 1 is 0.350 bits per heavy atom. The Morgan fingerprint density at radius 3 is 1.62 bits per heavy atom. The maximum absolute atomic E-state index is 2.48. The van der Waals surface area contributed by atoms with Crippen molar-refractivity contribution >= 4 is 85.4 Å². The number of hydrogen-bond donors (Lipinski definition) is 0. The lowest BCUT2D eigenvalue weighted by Gasteiger charge is -2.24. The molecule has 0 bridgehead atoms. The summed E-state index contributed by atoms with van der Waals surface area (Å²) in [7, 11) is 0. The molecule has 0 unspecified atom stereocenters. The van der Waals surface area contributed by atoms with E-state index in [1.54, 1.807) is 0 Å². The van der Waals surface area contributed by atoms with Gasteiger partial charge in [0.25, 0.3) is 0 Å². The van der Waals surface area contributed by atoms with Crippen LogP contribution in [-0.2, 0) is 5.41 Å². The molecule has 12 aromatic rings. The summed E-state index contributed by atoms with van der Waals surface area (Å²) < 4.78 is 2.77. The molecular weight excluding hydrogens is 741 g/mol. The van der Waals surface area contributed by atoms with Gasteiger partial charge in [0.2, 0.25) is 0 Å². The lowest BCUT2D eigenvalue weighted by Crippen LogP contribution is -2.15. The van der Waals surface area contributed by atoms with Crippen LogP contribution in [0.15, 0.2) is 194 Å². The van der Waals surface area contributed by atoms with Crippen LogP contribution in [-0.4, -0.2) is 0 Å². The van der Waals surface area contributed by atoms with Gasteiger partial charge in [-0.2, -0.15) is 0 Å². The summed E-state index contributed by atoms with van der Waals surface area (Å²) in [6.07, 6.45) is 0. The van der Waals surface area contributed by atoms with Gasteiger partial charge in [-0.3, -0.25) is 0 Å². The van der Waals surface area contributed by atoms with E-state index in [0.717, 1.165) is 0 Å². The van der Waals surface area contributed by atoms with Crippen molar-refractivity contribution in [2.75, 3.05) is 0 Å². The van der Waals surface area contributed by atoms with E-state index in [1.807, 2.05) is 11.3 Å². The number of fused-ring (bicyclic) bond motifs is 14. The van der Waals surface area contributed by atoms with Crippen molar-refractivity contribution in [1.82, 2.24) is 0 Å². The van der Waals surface area contributed by atoms with Crippen LogP contribution in [0.2, 0.25) is 0 Å². The van der Waals surface area contributed by atoms with Gasteiger partial charge in [0.05, 0.1) is 0 Å². The van der Waals surface area contributed by atoms with E-state index < -0.39 is 0 Å². The molecule has 1 aliphatic carbocycles. The summed E-state index contributed by atoms with van der Waals surface area (Å²) in [5, 5.41) is 15.6. The third-order valence-electron chi connectivity index (χ3n) is 13.6. The quantitative estimate of drug-likeness (QED) is 0.157. The van der Waals surface area contributed by atoms with Gasteiger partial charge in [-0.15, -0.1) is 11.3 Å². The maximum atomic E-state index is 2.48. The van der Waals surface area contributed by atoms with Crippen molar-refractivity contribution in [3.63, 3.8) is 0 Å². The second-order valence-electron chi connectivity index (χ2n) is 17.1. The Kier molecular flexibility index (Phi) is 7.04. The van der Waals surface area contributed by atoms with Gasteiger partial charge in [-0.1, -0.05) is 184 Å². The van der Waals surface area contributed by atoms with Crippen LogP contribution in [0.3, 0.4) is 0 Å². The summed E-state index contributed by atoms with van der Waals surface area (Å²) in [6.45, 7) is 4.86. The minimum Gasteiger partial charge on any atom is -0.134 e. The summed E-state index contributed by atoms with van der Waals surface area (Å²) in [6, 6.07) is 72.8. The van der Waals surface area contributed by atoms with E-state index in [4.69, 9.17) is 0 Å². The van der Waals surface area contributed by atoms with Gasteiger partial charge >= 0.3 is 0 Å². The van der Waals surface area contributed by atoms with Gasteiger partial charge in [-0.05, 0) is 128 Å². The third-order valence-corrected chi connectivity index (χ3v) is 14.8. The van der Waals surface area contributed by atoms with Crippen molar-refractivity contribution in [1.29, 1.82) is 0 Å². The predicted molar refractivity (Wildman–Crippen MR) is 261 cm³/mol. The van der Waals surface area contributed by atoms with Crippen molar-refractivity contribution < 1.29 is 0 Å². The molecule has 13 rings (SSSR count). The molecular formula is C59H38S. The first kappa shape index (κ1) is 33.9. The Hall–Kier alpha value is -7.06. The van der Waals surface area contributed by atoms with E-state index in [1.165, 1.54) is 130 Å². The molecule has 60 heavy (non-hydrogen) atoms. The first-order valence-corrected chi connectivity index (χ1v) is 21.8. The molecule has 11 aromatic carbocycles. The van der Waals surface area contributed by atoms with Gasteiger partial charge in [0, 0.05) is 31.2 Å². The van der Waals surface area contributed by atoms with Crippen LogP contribution in [0.1, 0.15) is 25.0 Å². The van der Waals surface area contributed by atoms with Crippen LogP contribution in [0.5, 0.6) is 0 Å². The average molecular weight is 779 g/mol. The molecule has 0 radical (unpaired) electrons. The molecule has 0 amide bonds. The monoisotopic (exact) mass is 778 g/mol. The maximum Gasteiger partial charge on any atom is 0.0443 e. The fourth-order valence-electron chi connectivity index (χ4n) is 10.9. The second kappa shape index (κ2) is 12.5. The predicted octanol–water partition coefficient (Wildman–Crippen LogP) is 17.1. The smallest absolute Gasteiger partial charge is 0.0443 e. The van der Waals surface area contributed by atoms with Gasteiger partial charge < -0.3 is 0 Å². The molecule has 1 aliphatic rings. The van der Waals surface area contributed by atoms with E-state index in [-0.39, 0.29) is 5.41 Å². The third kappa shape index (κ3) is 4.67. The van der Waals surface area contributed by atoms with E-state index >= 15 is 0 Å². The standard InChI is InChI=1S/C59H38S/c1-59(2)51-34-39(30-31-49(51)56-57(59)48-22-10-9-21-47(48)55-50-23-11-12-25-52(50)60-58(55)56)37-26-27-38-33-40(29-28-36(38)32-37)53-43-17-5-7-19-45(43)54(46-20-8-6-18-44(46)53)42-24-13-15-35-14-3-4-16-41(35)42/h3-34H,1-2H3. The highest BCUT2D eigenvalue weighted by Crippen LogP contribution is 2.57. The van der Waals surface area contributed by atoms with E-state index in [9.17, 15) is 0 Å². The van der Waals surface area contributed by atoms with Crippen molar-refractivity contribution in [3.8, 4) is 44.5 Å². The highest BCUT2D eigenvalue weighted by atomic mass is 32.1. The lowest BCUT2D eigenvalue weighted by molar-refractivity contribution is 0.667. The lowest BCUT2D eigenvalue weighted by atomic mass is 9.79. The highest BCUT2D eigenvalue weighted by molar-refractivity contribution is 7.26. The van der Waals surface area contributed by atoms with E-state index in [2.05, 4.69) is 208 Å². The summed E-state index contributed by atoms with van der Waals surface area (Å²) in [5.41, 5.74) is 13.1. The summed E-state index contributed by atoms with van der Waals surface area (Å²) >= 11 is 1.95. The van der Waals surface area contributed by atoms with Gasteiger partial charge in [-0.25, -0.2) is 0 Å². The van der Waals surface area contributed by atoms with Gasteiger partial charge in [0.15, 0.2) is 0 Å². The van der Waals surface area contributed by atoms with Crippen molar-refractivity contribution in [2.24, 2.45) is 0 Å².